The maximum Gasteiger partial charge on any atom is 0.416 e. The van der Waals surface area contributed by atoms with E-state index in [0.717, 1.165) is 45.8 Å². The van der Waals surface area contributed by atoms with E-state index in [2.05, 4.69) is 30.4 Å². The molecule has 56 heavy (non-hydrogen) atoms. The lowest BCUT2D eigenvalue weighted by molar-refractivity contribution is -0.138. The number of ether oxygens (including phenoxy) is 2. The summed E-state index contributed by atoms with van der Waals surface area (Å²) >= 11 is 11.5. The van der Waals surface area contributed by atoms with Crippen LogP contribution in [0.25, 0.3) is 43.8 Å². The smallest absolute Gasteiger partial charge is 0.416 e. The third-order valence-corrected chi connectivity index (χ3v) is 8.67. The minimum absolute atomic E-state index is 0.0826. The van der Waals surface area contributed by atoms with Gasteiger partial charge in [-0.25, -0.2) is 0 Å². The van der Waals surface area contributed by atoms with Gasteiger partial charge in [-0.05, 0) is 65.7 Å². The Balaban J connectivity index is 0.000000224. The van der Waals surface area contributed by atoms with Crippen molar-refractivity contribution < 1.29 is 35.8 Å². The van der Waals surface area contributed by atoms with Crippen molar-refractivity contribution in [3.63, 3.8) is 0 Å². The van der Waals surface area contributed by atoms with Crippen LogP contribution in [0.2, 0.25) is 10.3 Å². The second-order valence-electron chi connectivity index (χ2n) is 11.8. The van der Waals surface area contributed by atoms with E-state index >= 15 is 0 Å². The van der Waals surface area contributed by atoms with Crippen LogP contribution >= 0.6 is 23.2 Å². The summed E-state index contributed by atoms with van der Waals surface area (Å²) in [5, 5.41) is 19.1. The topological polar surface area (TPSA) is 95.8 Å². The normalized spacial score (nSPS) is 11.6. The molecule has 0 fully saturated rings. The summed E-state index contributed by atoms with van der Waals surface area (Å²) in [5.41, 5.74) is 0.312. The van der Waals surface area contributed by atoms with Crippen molar-refractivity contribution in [2.24, 2.45) is 0 Å². The van der Waals surface area contributed by atoms with Crippen LogP contribution < -0.4 is 9.47 Å². The number of hydrogen-bond donors (Lipinski definition) is 0. The first kappa shape index (κ1) is 37.9. The summed E-state index contributed by atoms with van der Waals surface area (Å²) in [5.74, 6) is 1.30. The zero-order chi connectivity index (χ0) is 39.5. The predicted molar refractivity (Wildman–Crippen MR) is 199 cm³/mol. The number of nitrogens with zero attached hydrogens (tertiary/aromatic N) is 6. The Morgan fingerprint density at radius 3 is 1.55 bits per heavy atom. The van der Waals surface area contributed by atoms with Gasteiger partial charge in [-0.1, -0.05) is 71.7 Å². The molecule has 280 valence electrons. The lowest BCUT2D eigenvalue weighted by Crippen LogP contribution is -2.04. The quantitative estimate of drug-likeness (QED) is 0.153. The van der Waals surface area contributed by atoms with E-state index < -0.39 is 23.5 Å². The van der Waals surface area contributed by atoms with Crippen molar-refractivity contribution in [2.75, 3.05) is 0 Å². The third-order valence-electron chi connectivity index (χ3n) is 8.21. The van der Waals surface area contributed by atoms with Crippen LogP contribution in [0.4, 0.5) is 26.3 Å². The molecule has 0 atom stereocenters. The number of hydrogen-bond acceptors (Lipinski definition) is 8. The van der Waals surface area contributed by atoms with Crippen molar-refractivity contribution in [1.29, 1.82) is 0 Å². The van der Waals surface area contributed by atoms with Crippen molar-refractivity contribution >= 4 is 44.7 Å². The van der Waals surface area contributed by atoms with Crippen LogP contribution in [0.3, 0.4) is 0 Å². The molecular formula is C40H22Cl2F6N6O2. The van der Waals surface area contributed by atoms with Crippen LogP contribution in [-0.2, 0) is 12.4 Å². The molecule has 0 amide bonds. The highest BCUT2D eigenvalue weighted by molar-refractivity contribution is 6.33. The third kappa shape index (κ3) is 8.61. The SMILES string of the molecule is FC(F)(F)c1ccc(-c2cc(Cl)nnc2Cl)cc1.FC(F)(F)c1ccc(-c2cc(Oc3cccc4cnccc34)nnc2Oc2cccc3cnccc23)cc1. The van der Waals surface area contributed by atoms with Gasteiger partial charge in [-0.2, -0.15) is 26.3 Å². The Bertz CT molecular complexity index is 2650. The van der Waals surface area contributed by atoms with Crippen LogP contribution in [0, 0.1) is 0 Å². The highest BCUT2D eigenvalue weighted by Gasteiger charge is 2.31. The van der Waals surface area contributed by atoms with Crippen LogP contribution in [0.5, 0.6) is 23.3 Å². The number of rotatable bonds is 6. The van der Waals surface area contributed by atoms with Gasteiger partial charge in [0.25, 0.3) is 0 Å². The Hall–Kier alpha value is -6.38. The van der Waals surface area contributed by atoms with Crippen molar-refractivity contribution in [3.8, 4) is 45.5 Å². The molecule has 0 radical (unpaired) electrons. The molecule has 8 rings (SSSR count). The minimum Gasteiger partial charge on any atom is -0.437 e. The van der Waals surface area contributed by atoms with Crippen LogP contribution in [0.1, 0.15) is 11.1 Å². The van der Waals surface area contributed by atoms with Gasteiger partial charge in [-0.3, -0.25) is 9.97 Å². The molecule has 0 N–H and O–H groups in total. The second-order valence-corrected chi connectivity index (χ2v) is 12.6. The van der Waals surface area contributed by atoms with Crippen molar-refractivity contribution in [1.82, 2.24) is 30.4 Å². The Kier molecular flexibility index (Phi) is 10.7. The fourth-order valence-electron chi connectivity index (χ4n) is 5.51. The van der Waals surface area contributed by atoms with Gasteiger partial charge in [0.05, 0.1) is 16.7 Å². The molecule has 0 spiro atoms. The summed E-state index contributed by atoms with van der Waals surface area (Å²) in [4.78, 5) is 8.26. The zero-order valence-electron chi connectivity index (χ0n) is 28.2. The van der Waals surface area contributed by atoms with Gasteiger partial charge in [-0.15, -0.1) is 20.4 Å². The fourth-order valence-corrected chi connectivity index (χ4v) is 5.86. The molecule has 0 aliphatic heterocycles. The summed E-state index contributed by atoms with van der Waals surface area (Å²) in [7, 11) is 0. The van der Waals surface area contributed by atoms with Crippen LogP contribution in [0.15, 0.2) is 134 Å². The number of pyridine rings is 2. The molecule has 0 saturated heterocycles. The summed E-state index contributed by atoms with van der Waals surface area (Å²) < 4.78 is 89.0. The number of fused-ring (bicyclic) bond motifs is 2. The van der Waals surface area contributed by atoms with Gasteiger partial charge in [0.15, 0.2) is 10.3 Å². The van der Waals surface area contributed by atoms with Gasteiger partial charge in [0.1, 0.15) is 11.5 Å². The summed E-state index contributed by atoms with van der Waals surface area (Å²) in [6, 6.07) is 27.0. The molecule has 4 aromatic carbocycles. The highest BCUT2D eigenvalue weighted by atomic mass is 35.5. The Labute approximate surface area is 323 Å². The Morgan fingerprint density at radius 1 is 0.500 bits per heavy atom. The fraction of sp³-hybridized carbons (Fsp3) is 0.0500. The van der Waals surface area contributed by atoms with Crippen LogP contribution in [-0.4, -0.2) is 30.4 Å². The van der Waals surface area contributed by atoms with Gasteiger partial charge >= 0.3 is 12.4 Å². The molecular weight excluding hydrogens is 781 g/mol. The largest absolute Gasteiger partial charge is 0.437 e. The van der Waals surface area contributed by atoms with Gasteiger partial charge in [0, 0.05) is 58.0 Å². The average Bonchev–Trinajstić information content (AvgIpc) is 3.19. The van der Waals surface area contributed by atoms with E-state index in [1.165, 1.54) is 30.3 Å². The highest BCUT2D eigenvalue weighted by Crippen LogP contribution is 2.39. The average molecular weight is 804 g/mol. The van der Waals surface area contributed by atoms with E-state index in [0.29, 0.717) is 33.8 Å². The molecule has 0 saturated carbocycles. The summed E-state index contributed by atoms with van der Waals surface area (Å²) in [6.07, 6.45) is -2.09. The first-order valence-electron chi connectivity index (χ1n) is 16.3. The zero-order valence-corrected chi connectivity index (χ0v) is 29.7. The molecule has 4 heterocycles. The van der Waals surface area contributed by atoms with E-state index in [1.54, 1.807) is 43.0 Å². The number of aromatic nitrogens is 6. The minimum atomic E-state index is -4.46. The molecule has 0 bridgehead atoms. The number of alkyl halides is 6. The Morgan fingerprint density at radius 2 is 1.02 bits per heavy atom. The first-order chi connectivity index (χ1) is 26.8. The maximum absolute atomic E-state index is 13.2. The van der Waals surface area contributed by atoms with Crippen molar-refractivity contribution in [2.45, 2.75) is 12.4 Å². The number of benzene rings is 4. The molecule has 0 aliphatic carbocycles. The molecule has 8 aromatic rings. The number of halogens is 8. The second kappa shape index (κ2) is 15.8. The van der Waals surface area contributed by atoms with E-state index in [4.69, 9.17) is 32.7 Å². The van der Waals surface area contributed by atoms with Gasteiger partial charge < -0.3 is 9.47 Å². The van der Waals surface area contributed by atoms with Gasteiger partial charge in [0.2, 0.25) is 11.8 Å². The molecule has 8 nitrogen and oxygen atoms in total. The predicted octanol–water partition coefficient (Wildman–Crippen LogP) is 12.3. The maximum atomic E-state index is 13.2. The lowest BCUT2D eigenvalue weighted by atomic mass is 10.1. The van der Waals surface area contributed by atoms with E-state index in [-0.39, 0.29) is 22.1 Å². The molecule has 0 aliphatic rings. The van der Waals surface area contributed by atoms with E-state index in [9.17, 15) is 26.3 Å². The monoisotopic (exact) mass is 802 g/mol. The molecule has 0 unspecified atom stereocenters. The standard InChI is InChI=1S/C29H17F3N4O2.C11H5Cl2F3N2/c30-29(31,32)21-9-7-18(8-10-21)24-15-27(37-25-5-1-3-19-16-33-13-11-22(19)25)35-36-28(24)38-26-6-2-4-20-17-34-14-12-23(20)26;12-9-5-8(10(13)18-17-9)6-1-3-7(4-2-6)11(14,15)16/h1-17H;1-5H. The molecule has 4 aromatic heterocycles. The van der Waals surface area contributed by atoms with E-state index in [1.807, 2.05) is 36.4 Å². The molecule has 16 heteroatoms. The summed E-state index contributed by atoms with van der Waals surface area (Å²) in [6.45, 7) is 0. The van der Waals surface area contributed by atoms with Crippen molar-refractivity contribution in [3.05, 3.63) is 155 Å². The first-order valence-corrected chi connectivity index (χ1v) is 17.0. The lowest BCUT2D eigenvalue weighted by Gasteiger charge is -2.14.